The number of allylic oxidation sites excluding steroid dienone is 1. The fraction of sp³-hybridized carbons (Fsp3) is 0.200. The van der Waals surface area contributed by atoms with Gasteiger partial charge in [-0.25, -0.2) is 4.98 Å². The smallest absolute Gasteiger partial charge is 0.265 e. The average Bonchev–Trinajstić information content (AvgIpc) is 3.08. The van der Waals surface area contributed by atoms with E-state index in [1.54, 1.807) is 61.7 Å². The van der Waals surface area contributed by atoms with Crippen LogP contribution in [0.2, 0.25) is 0 Å². The first-order valence-electron chi connectivity index (χ1n) is 10.6. The lowest BCUT2D eigenvalue weighted by atomic mass is 9.98. The lowest BCUT2D eigenvalue weighted by Gasteiger charge is -2.18. The Labute approximate surface area is 189 Å². The van der Waals surface area contributed by atoms with Gasteiger partial charge in [0.25, 0.3) is 17.4 Å². The summed E-state index contributed by atoms with van der Waals surface area (Å²) in [6.45, 7) is 0.0406. The molecule has 0 saturated carbocycles. The molecule has 2 amide bonds. The van der Waals surface area contributed by atoms with Crippen LogP contribution in [0, 0.1) is 0 Å². The number of aromatic nitrogens is 2. The van der Waals surface area contributed by atoms with Crippen LogP contribution in [0.3, 0.4) is 0 Å². The van der Waals surface area contributed by atoms with E-state index in [0.717, 1.165) is 4.90 Å². The summed E-state index contributed by atoms with van der Waals surface area (Å²) in [6.07, 6.45) is 2.67. The number of methoxy groups -OCH3 is 1. The number of rotatable bonds is 5. The predicted octanol–water partition coefficient (Wildman–Crippen LogP) is 2.84. The fourth-order valence-corrected chi connectivity index (χ4v) is 4.34. The molecule has 5 rings (SSSR count). The summed E-state index contributed by atoms with van der Waals surface area (Å²) < 4.78 is 6.71. The molecule has 0 fully saturated rings. The highest BCUT2D eigenvalue weighted by molar-refractivity contribution is 6.21. The SMILES string of the molecule is COc1ccc(-n2c(CCN3C(=O)C4=C(C3=O)C(O)=CCC4)nc3ccccc3c2=O)cc1. The molecule has 2 aromatic carbocycles. The van der Waals surface area contributed by atoms with Gasteiger partial charge >= 0.3 is 0 Å². The van der Waals surface area contributed by atoms with Crippen molar-refractivity contribution < 1.29 is 19.4 Å². The molecule has 0 spiro atoms. The van der Waals surface area contributed by atoms with Crippen LogP contribution in [0.4, 0.5) is 0 Å². The zero-order chi connectivity index (χ0) is 23.1. The summed E-state index contributed by atoms with van der Waals surface area (Å²) in [7, 11) is 1.56. The Hall–Kier alpha value is -4.20. The normalized spacial score (nSPS) is 15.8. The number of amides is 2. The molecule has 1 aliphatic heterocycles. The Morgan fingerprint density at radius 1 is 1.03 bits per heavy atom. The maximum atomic E-state index is 13.4. The Bertz CT molecular complexity index is 1420. The number of carbonyl (C=O) groups excluding carboxylic acids is 2. The molecule has 2 aliphatic rings. The topological polar surface area (TPSA) is 102 Å². The van der Waals surface area contributed by atoms with Gasteiger partial charge in [0.05, 0.1) is 29.3 Å². The summed E-state index contributed by atoms with van der Waals surface area (Å²) >= 11 is 0. The van der Waals surface area contributed by atoms with Crippen LogP contribution in [0.1, 0.15) is 18.7 Å². The van der Waals surface area contributed by atoms with Gasteiger partial charge in [0.1, 0.15) is 17.3 Å². The first-order chi connectivity index (χ1) is 16.0. The van der Waals surface area contributed by atoms with Gasteiger partial charge in [-0.15, -0.1) is 0 Å². The second-order valence-corrected chi connectivity index (χ2v) is 7.88. The van der Waals surface area contributed by atoms with Crippen LogP contribution in [-0.4, -0.2) is 45.0 Å². The van der Waals surface area contributed by atoms with Crippen molar-refractivity contribution in [2.75, 3.05) is 13.7 Å². The van der Waals surface area contributed by atoms with Crippen LogP contribution in [0.15, 0.2) is 76.3 Å². The van der Waals surface area contributed by atoms with Crippen molar-refractivity contribution in [1.82, 2.24) is 14.5 Å². The zero-order valence-corrected chi connectivity index (χ0v) is 17.9. The number of carbonyl (C=O) groups is 2. The molecule has 8 nitrogen and oxygen atoms in total. The van der Waals surface area contributed by atoms with Crippen LogP contribution in [-0.2, 0) is 16.0 Å². The molecule has 8 heteroatoms. The van der Waals surface area contributed by atoms with Crippen molar-refractivity contribution in [2.24, 2.45) is 0 Å². The number of imide groups is 1. The van der Waals surface area contributed by atoms with Crippen LogP contribution < -0.4 is 10.3 Å². The summed E-state index contributed by atoms with van der Waals surface area (Å²) in [4.78, 5) is 44.8. The van der Waals surface area contributed by atoms with Gasteiger partial charge in [0.2, 0.25) is 0 Å². The Kier molecular flexibility index (Phi) is 5.05. The highest BCUT2D eigenvalue weighted by Crippen LogP contribution is 2.32. The van der Waals surface area contributed by atoms with Crippen LogP contribution in [0.25, 0.3) is 16.6 Å². The summed E-state index contributed by atoms with van der Waals surface area (Å²) in [5.74, 6) is 0.0291. The largest absolute Gasteiger partial charge is 0.507 e. The number of fused-ring (bicyclic) bond motifs is 1. The highest BCUT2D eigenvalue weighted by Gasteiger charge is 2.40. The number of hydrogen-bond donors (Lipinski definition) is 1. The molecule has 0 saturated heterocycles. The quantitative estimate of drug-likeness (QED) is 0.609. The van der Waals surface area contributed by atoms with Gasteiger partial charge in [0.15, 0.2) is 0 Å². The van der Waals surface area contributed by atoms with E-state index in [9.17, 15) is 19.5 Å². The monoisotopic (exact) mass is 443 g/mol. The maximum Gasteiger partial charge on any atom is 0.265 e. The molecule has 1 aromatic heterocycles. The minimum atomic E-state index is -0.511. The van der Waals surface area contributed by atoms with Gasteiger partial charge in [-0.05, 0) is 55.3 Å². The number of nitrogens with zero attached hydrogens (tertiary/aromatic N) is 3. The summed E-state index contributed by atoms with van der Waals surface area (Å²) in [6, 6.07) is 14.1. The number of ether oxygens (including phenoxy) is 1. The fourth-order valence-electron chi connectivity index (χ4n) is 4.34. The van der Waals surface area contributed by atoms with Crippen molar-refractivity contribution in [3.8, 4) is 11.4 Å². The molecule has 0 atom stereocenters. The third-order valence-corrected chi connectivity index (χ3v) is 5.99. The number of hydrogen-bond acceptors (Lipinski definition) is 6. The Balaban J connectivity index is 1.53. The maximum absolute atomic E-state index is 13.4. The highest BCUT2D eigenvalue weighted by atomic mass is 16.5. The lowest BCUT2D eigenvalue weighted by Crippen LogP contribution is -2.35. The van der Waals surface area contributed by atoms with E-state index in [0.29, 0.717) is 46.6 Å². The molecule has 1 aliphatic carbocycles. The van der Waals surface area contributed by atoms with Crippen molar-refractivity contribution in [3.63, 3.8) is 0 Å². The number of para-hydroxylation sites is 1. The van der Waals surface area contributed by atoms with Gasteiger partial charge in [-0.3, -0.25) is 23.9 Å². The van der Waals surface area contributed by atoms with E-state index < -0.39 is 11.8 Å². The van der Waals surface area contributed by atoms with Crippen molar-refractivity contribution >= 4 is 22.7 Å². The number of aliphatic hydroxyl groups is 1. The molecule has 166 valence electrons. The second kappa shape index (κ2) is 8.05. The molecule has 0 bridgehead atoms. The van der Waals surface area contributed by atoms with Gasteiger partial charge in [-0.1, -0.05) is 12.1 Å². The van der Waals surface area contributed by atoms with Gasteiger partial charge in [0, 0.05) is 18.5 Å². The van der Waals surface area contributed by atoms with E-state index in [2.05, 4.69) is 4.98 Å². The van der Waals surface area contributed by atoms with E-state index in [-0.39, 0.29) is 29.9 Å². The van der Waals surface area contributed by atoms with Crippen LogP contribution >= 0.6 is 0 Å². The minimum absolute atomic E-state index is 0.0406. The predicted molar refractivity (Wildman–Crippen MR) is 121 cm³/mol. The van der Waals surface area contributed by atoms with Crippen molar-refractivity contribution in [1.29, 1.82) is 0 Å². The molecule has 0 radical (unpaired) electrons. The standard InChI is InChI=1S/C25H21N3O5/c1-33-16-11-9-15(10-12-16)28-21(26-19-7-3-2-5-17(19)24(28)31)13-14-27-23(30)18-6-4-8-20(29)22(18)25(27)32/h2-3,5,7-12,29H,4,6,13-14H2,1H3. The molecule has 2 heterocycles. The number of benzene rings is 2. The van der Waals surface area contributed by atoms with Crippen LogP contribution in [0.5, 0.6) is 5.75 Å². The van der Waals surface area contributed by atoms with E-state index >= 15 is 0 Å². The first kappa shape index (κ1) is 20.7. The Morgan fingerprint density at radius 3 is 2.52 bits per heavy atom. The van der Waals surface area contributed by atoms with E-state index in [1.165, 1.54) is 4.57 Å². The van der Waals surface area contributed by atoms with Gasteiger partial charge in [-0.2, -0.15) is 0 Å². The minimum Gasteiger partial charge on any atom is -0.507 e. The second-order valence-electron chi connectivity index (χ2n) is 7.88. The van der Waals surface area contributed by atoms with Gasteiger partial charge < -0.3 is 9.84 Å². The lowest BCUT2D eigenvalue weighted by molar-refractivity contribution is -0.137. The summed E-state index contributed by atoms with van der Waals surface area (Å²) in [5.41, 5.74) is 1.34. The van der Waals surface area contributed by atoms with E-state index in [4.69, 9.17) is 4.74 Å². The molecular formula is C25H21N3O5. The zero-order valence-electron chi connectivity index (χ0n) is 17.9. The molecule has 1 N–H and O–H groups in total. The van der Waals surface area contributed by atoms with Crippen molar-refractivity contribution in [2.45, 2.75) is 19.3 Å². The molecule has 33 heavy (non-hydrogen) atoms. The van der Waals surface area contributed by atoms with Crippen molar-refractivity contribution in [3.05, 3.63) is 87.7 Å². The third kappa shape index (κ3) is 3.40. The first-order valence-corrected chi connectivity index (χ1v) is 10.6. The third-order valence-electron chi connectivity index (χ3n) is 5.99. The molecule has 3 aromatic rings. The van der Waals surface area contributed by atoms with E-state index in [1.807, 2.05) is 0 Å². The molecular weight excluding hydrogens is 422 g/mol. The summed E-state index contributed by atoms with van der Waals surface area (Å²) in [5, 5.41) is 10.6. The Morgan fingerprint density at radius 2 is 1.79 bits per heavy atom. The molecule has 0 unspecified atom stereocenters. The number of aliphatic hydroxyl groups excluding tert-OH is 1. The average molecular weight is 443 g/mol.